The number of aliphatic hydroxyl groups is 2. The van der Waals surface area contributed by atoms with E-state index in [4.69, 9.17) is 20.4 Å². The molecule has 1 amide bonds. The van der Waals surface area contributed by atoms with Crippen molar-refractivity contribution in [3.05, 3.63) is 0 Å². The highest BCUT2D eigenvalue weighted by Gasteiger charge is 2.23. The van der Waals surface area contributed by atoms with Gasteiger partial charge in [0.05, 0.1) is 6.61 Å². The molecule has 0 aromatic rings. The van der Waals surface area contributed by atoms with E-state index in [9.17, 15) is 14.4 Å². The Balaban J connectivity index is 4.28. The highest BCUT2D eigenvalue weighted by atomic mass is 16.4. The molecule has 0 saturated carbocycles. The van der Waals surface area contributed by atoms with Gasteiger partial charge in [-0.05, 0) is 6.42 Å². The lowest BCUT2D eigenvalue weighted by Crippen LogP contribution is -2.46. The molecule has 0 aromatic heterocycles. The maximum Gasteiger partial charge on any atom is 0.326 e. The van der Waals surface area contributed by atoms with E-state index in [1.165, 1.54) is 0 Å². The summed E-state index contributed by atoms with van der Waals surface area (Å²) in [6.07, 6.45) is -2.44. The Hall–Kier alpha value is -1.67. The number of carboxylic acids is 2. The lowest BCUT2D eigenvalue weighted by molar-refractivity contribution is -0.145. The first-order chi connectivity index (χ1) is 7.38. The fourth-order valence-electron chi connectivity index (χ4n) is 0.876. The van der Waals surface area contributed by atoms with Crippen LogP contribution in [0.25, 0.3) is 0 Å². The lowest BCUT2D eigenvalue weighted by Gasteiger charge is -2.15. The average Bonchev–Trinajstić information content (AvgIpc) is 2.21. The summed E-state index contributed by atoms with van der Waals surface area (Å²) in [5, 5.41) is 36.2. The summed E-state index contributed by atoms with van der Waals surface area (Å²) in [7, 11) is 0. The fourth-order valence-corrected chi connectivity index (χ4v) is 0.876. The van der Waals surface area contributed by atoms with Crippen LogP contribution in [0, 0.1) is 0 Å². The van der Waals surface area contributed by atoms with Gasteiger partial charge in [-0.2, -0.15) is 0 Å². The maximum atomic E-state index is 11.0. The zero-order chi connectivity index (χ0) is 12.7. The third-order valence-electron chi connectivity index (χ3n) is 1.74. The normalized spacial score (nSPS) is 13.9. The average molecular weight is 235 g/mol. The second-order valence-corrected chi connectivity index (χ2v) is 3.03. The molecule has 0 aromatic carbocycles. The van der Waals surface area contributed by atoms with E-state index in [0.29, 0.717) is 0 Å². The molecule has 0 heterocycles. The van der Waals surface area contributed by atoms with Crippen LogP contribution in [0.3, 0.4) is 0 Å². The number of hydrogen-bond donors (Lipinski definition) is 5. The summed E-state index contributed by atoms with van der Waals surface area (Å²) >= 11 is 0. The zero-order valence-electron chi connectivity index (χ0n) is 8.29. The fraction of sp³-hybridized carbons (Fsp3) is 0.625. The van der Waals surface area contributed by atoms with Gasteiger partial charge in [-0.25, -0.2) is 4.79 Å². The molecular weight excluding hydrogens is 222 g/mol. The Bertz CT molecular complexity index is 278. The van der Waals surface area contributed by atoms with Crippen molar-refractivity contribution in [3.8, 4) is 0 Å². The number of carboxylic acid groups (broad SMARTS) is 2. The maximum absolute atomic E-state index is 11.0. The topological polar surface area (TPSA) is 144 Å². The van der Waals surface area contributed by atoms with Crippen LogP contribution in [-0.4, -0.2) is 57.0 Å². The smallest absolute Gasteiger partial charge is 0.326 e. The summed E-state index contributed by atoms with van der Waals surface area (Å²) in [4.78, 5) is 31.8. The van der Waals surface area contributed by atoms with E-state index in [1.54, 1.807) is 0 Å². The standard InChI is InChI=1S/C8H13NO7/c10-3-5(11)7(14)9-4(8(15)16)1-2-6(12)13/h4-5,10-11H,1-3H2,(H,9,14)(H,12,13)(H,15,16). The van der Waals surface area contributed by atoms with Crippen LogP contribution >= 0.6 is 0 Å². The molecule has 0 bridgehead atoms. The van der Waals surface area contributed by atoms with E-state index in [-0.39, 0.29) is 6.42 Å². The van der Waals surface area contributed by atoms with Crippen molar-refractivity contribution < 1.29 is 34.8 Å². The molecule has 8 nitrogen and oxygen atoms in total. The molecule has 0 aliphatic carbocycles. The van der Waals surface area contributed by atoms with Crippen LogP contribution in [-0.2, 0) is 14.4 Å². The second kappa shape index (κ2) is 6.75. The Labute approximate surface area is 90.5 Å². The van der Waals surface area contributed by atoms with E-state index in [2.05, 4.69) is 0 Å². The third-order valence-corrected chi connectivity index (χ3v) is 1.74. The van der Waals surface area contributed by atoms with Gasteiger partial charge in [-0.15, -0.1) is 0 Å². The first kappa shape index (κ1) is 14.3. The SMILES string of the molecule is O=C(O)CCC(NC(=O)C(O)CO)C(=O)O. The third kappa shape index (κ3) is 5.27. The molecule has 0 rings (SSSR count). The van der Waals surface area contributed by atoms with Crippen LogP contribution in [0.5, 0.6) is 0 Å². The van der Waals surface area contributed by atoms with Gasteiger partial charge in [0.25, 0.3) is 5.91 Å². The van der Waals surface area contributed by atoms with Gasteiger partial charge in [0.2, 0.25) is 0 Å². The summed E-state index contributed by atoms with van der Waals surface area (Å²) in [6, 6.07) is -1.40. The van der Waals surface area contributed by atoms with Crippen molar-refractivity contribution in [2.75, 3.05) is 6.61 Å². The summed E-state index contributed by atoms with van der Waals surface area (Å²) in [5.41, 5.74) is 0. The number of carbonyl (C=O) groups is 3. The molecule has 0 aliphatic rings. The Morgan fingerprint density at radius 2 is 1.75 bits per heavy atom. The Kier molecular flexibility index (Phi) is 6.04. The van der Waals surface area contributed by atoms with Crippen LogP contribution in [0.1, 0.15) is 12.8 Å². The molecular formula is C8H13NO7. The van der Waals surface area contributed by atoms with Gasteiger partial charge >= 0.3 is 11.9 Å². The molecule has 92 valence electrons. The van der Waals surface area contributed by atoms with Crippen LogP contribution in [0.2, 0.25) is 0 Å². The van der Waals surface area contributed by atoms with Gasteiger partial charge in [-0.3, -0.25) is 9.59 Å². The molecule has 16 heavy (non-hydrogen) atoms. The predicted molar refractivity (Wildman–Crippen MR) is 49.5 cm³/mol. The summed E-state index contributed by atoms with van der Waals surface area (Å²) in [5.74, 6) is -3.65. The van der Waals surface area contributed by atoms with Crippen LogP contribution < -0.4 is 5.32 Å². The summed E-state index contributed by atoms with van der Waals surface area (Å²) < 4.78 is 0. The first-order valence-electron chi connectivity index (χ1n) is 4.42. The number of hydrogen-bond acceptors (Lipinski definition) is 5. The van der Waals surface area contributed by atoms with Gasteiger partial charge in [0.1, 0.15) is 6.04 Å². The van der Waals surface area contributed by atoms with Crippen molar-refractivity contribution in [1.29, 1.82) is 0 Å². The van der Waals surface area contributed by atoms with Gasteiger partial charge < -0.3 is 25.7 Å². The van der Waals surface area contributed by atoms with Crippen molar-refractivity contribution in [2.45, 2.75) is 25.0 Å². The molecule has 5 N–H and O–H groups in total. The molecule has 0 spiro atoms. The molecule has 2 unspecified atom stereocenters. The largest absolute Gasteiger partial charge is 0.481 e. The van der Waals surface area contributed by atoms with E-state index < -0.39 is 43.0 Å². The van der Waals surface area contributed by atoms with Crippen molar-refractivity contribution >= 4 is 17.8 Å². The van der Waals surface area contributed by atoms with E-state index in [1.807, 2.05) is 5.32 Å². The molecule has 0 aliphatic heterocycles. The van der Waals surface area contributed by atoms with Crippen molar-refractivity contribution in [3.63, 3.8) is 0 Å². The quantitative estimate of drug-likeness (QED) is 0.336. The summed E-state index contributed by atoms with van der Waals surface area (Å²) in [6.45, 7) is -0.836. The van der Waals surface area contributed by atoms with E-state index in [0.717, 1.165) is 0 Å². The number of carbonyl (C=O) groups excluding carboxylic acids is 1. The van der Waals surface area contributed by atoms with Gasteiger partial charge in [0.15, 0.2) is 6.10 Å². The Morgan fingerprint density at radius 1 is 1.19 bits per heavy atom. The van der Waals surface area contributed by atoms with Gasteiger partial charge in [-0.1, -0.05) is 0 Å². The number of aliphatic hydroxyl groups excluding tert-OH is 2. The van der Waals surface area contributed by atoms with Crippen LogP contribution in [0.15, 0.2) is 0 Å². The van der Waals surface area contributed by atoms with Crippen LogP contribution in [0.4, 0.5) is 0 Å². The number of aliphatic carboxylic acids is 2. The highest BCUT2D eigenvalue weighted by Crippen LogP contribution is 1.98. The molecule has 0 saturated heterocycles. The second-order valence-electron chi connectivity index (χ2n) is 3.03. The van der Waals surface area contributed by atoms with Crippen molar-refractivity contribution in [1.82, 2.24) is 5.32 Å². The number of rotatable bonds is 7. The number of nitrogens with one attached hydrogen (secondary N) is 1. The minimum absolute atomic E-state index is 0.297. The molecule has 0 fully saturated rings. The van der Waals surface area contributed by atoms with Crippen molar-refractivity contribution in [2.24, 2.45) is 0 Å². The Morgan fingerprint density at radius 3 is 2.12 bits per heavy atom. The lowest BCUT2D eigenvalue weighted by atomic mass is 10.1. The predicted octanol–water partition coefficient (Wildman–Crippen LogP) is -2.23. The highest BCUT2D eigenvalue weighted by molar-refractivity contribution is 5.86. The molecule has 0 radical (unpaired) electrons. The first-order valence-corrected chi connectivity index (χ1v) is 4.42. The minimum Gasteiger partial charge on any atom is -0.481 e. The molecule has 8 heteroatoms. The minimum atomic E-state index is -1.72. The zero-order valence-corrected chi connectivity index (χ0v) is 8.29. The number of amides is 1. The monoisotopic (exact) mass is 235 g/mol. The molecule has 2 atom stereocenters. The van der Waals surface area contributed by atoms with Gasteiger partial charge in [0, 0.05) is 6.42 Å². The van der Waals surface area contributed by atoms with E-state index >= 15 is 0 Å².